The van der Waals surface area contributed by atoms with Gasteiger partial charge in [-0.1, -0.05) is 66.7 Å². The van der Waals surface area contributed by atoms with Gasteiger partial charge in [-0.15, -0.1) is 0 Å². The molecule has 0 heterocycles. The van der Waals surface area contributed by atoms with Crippen molar-refractivity contribution in [2.24, 2.45) is 0 Å². The molecule has 0 bridgehead atoms. The molecule has 3 aromatic carbocycles. The van der Waals surface area contributed by atoms with Gasteiger partial charge in [0.25, 0.3) is 11.8 Å². The van der Waals surface area contributed by atoms with Crippen LogP contribution >= 0.6 is 0 Å². The summed E-state index contributed by atoms with van der Waals surface area (Å²) in [4.78, 5) is 51.1. The van der Waals surface area contributed by atoms with E-state index in [1.54, 1.807) is 39.0 Å². The molecule has 1 saturated carbocycles. The molecule has 3 aromatic rings. The third kappa shape index (κ3) is 12.2. The number of alkyl carbamates (subject to hydrolysis) is 1. The summed E-state index contributed by atoms with van der Waals surface area (Å²) >= 11 is 0. The Bertz CT molecular complexity index is 1480. The summed E-state index contributed by atoms with van der Waals surface area (Å²) in [6.07, 6.45) is 2.66. The molecular weight excluding hydrogens is 594 g/mol. The zero-order valence-electron chi connectivity index (χ0n) is 27.5. The van der Waals surface area contributed by atoms with Crippen molar-refractivity contribution in [2.45, 2.75) is 76.6 Å². The van der Waals surface area contributed by atoms with Crippen molar-refractivity contribution in [1.82, 2.24) is 26.6 Å². The minimum absolute atomic E-state index is 0.181. The van der Waals surface area contributed by atoms with Crippen LogP contribution in [0.1, 0.15) is 84.2 Å². The van der Waals surface area contributed by atoms with Gasteiger partial charge in [-0.25, -0.2) is 4.79 Å². The molecule has 1 unspecified atom stereocenters. The van der Waals surface area contributed by atoms with Gasteiger partial charge < -0.3 is 31.3 Å². The number of nitrogens with one attached hydrogen (secondary N) is 5. The Morgan fingerprint density at radius 1 is 0.766 bits per heavy atom. The van der Waals surface area contributed by atoms with Gasteiger partial charge in [-0.3, -0.25) is 14.4 Å². The molecule has 5 N–H and O–H groups in total. The van der Waals surface area contributed by atoms with Gasteiger partial charge in [0.05, 0.1) is 0 Å². The summed E-state index contributed by atoms with van der Waals surface area (Å²) in [6, 6.07) is 26.2. The van der Waals surface area contributed by atoms with Crippen LogP contribution < -0.4 is 26.6 Å². The van der Waals surface area contributed by atoms with Crippen molar-refractivity contribution in [1.29, 1.82) is 0 Å². The highest BCUT2D eigenvalue weighted by Crippen LogP contribution is 2.40. The SMILES string of the molecule is CC(C)(C)OC(=O)NCCNC(=O)c1cccc(C(=O)NC(CCCCN[C@@H]2C[C@H]2c2ccccc2)C(=O)NCc2ccccc2)c1. The third-order valence-corrected chi connectivity index (χ3v) is 7.74. The summed E-state index contributed by atoms with van der Waals surface area (Å²) in [7, 11) is 0. The predicted octanol–water partition coefficient (Wildman–Crippen LogP) is 4.67. The summed E-state index contributed by atoms with van der Waals surface area (Å²) in [5.74, 6) is -0.528. The molecule has 47 heavy (non-hydrogen) atoms. The van der Waals surface area contributed by atoms with Crippen molar-refractivity contribution in [3.8, 4) is 0 Å². The lowest BCUT2D eigenvalue weighted by molar-refractivity contribution is -0.123. The second kappa shape index (κ2) is 17.3. The van der Waals surface area contributed by atoms with Crippen LogP contribution in [0.25, 0.3) is 0 Å². The van der Waals surface area contributed by atoms with Crippen LogP contribution in [0.3, 0.4) is 0 Å². The van der Waals surface area contributed by atoms with Gasteiger partial charge in [0.2, 0.25) is 5.91 Å². The lowest BCUT2D eigenvalue weighted by Crippen LogP contribution is -2.46. The maximum atomic E-state index is 13.3. The molecule has 1 aliphatic carbocycles. The fourth-order valence-electron chi connectivity index (χ4n) is 5.23. The summed E-state index contributed by atoms with van der Waals surface area (Å²) < 4.78 is 5.19. The van der Waals surface area contributed by atoms with Gasteiger partial charge >= 0.3 is 6.09 Å². The minimum Gasteiger partial charge on any atom is -0.444 e. The van der Waals surface area contributed by atoms with Crippen LogP contribution in [-0.2, 0) is 16.1 Å². The Hall–Kier alpha value is -4.70. The fourth-order valence-corrected chi connectivity index (χ4v) is 5.23. The first-order chi connectivity index (χ1) is 22.6. The molecule has 250 valence electrons. The van der Waals surface area contributed by atoms with Crippen molar-refractivity contribution in [3.05, 3.63) is 107 Å². The average Bonchev–Trinajstić information content (AvgIpc) is 3.84. The summed E-state index contributed by atoms with van der Waals surface area (Å²) in [6.45, 7) is 6.87. The number of hydrogen-bond donors (Lipinski definition) is 5. The van der Waals surface area contributed by atoms with Crippen LogP contribution in [0.4, 0.5) is 4.79 Å². The van der Waals surface area contributed by atoms with Crippen molar-refractivity contribution in [2.75, 3.05) is 19.6 Å². The quantitative estimate of drug-likeness (QED) is 0.144. The molecule has 4 amide bonds. The fraction of sp³-hybridized carbons (Fsp3) is 0.405. The Balaban J connectivity index is 1.27. The van der Waals surface area contributed by atoms with Crippen molar-refractivity contribution in [3.63, 3.8) is 0 Å². The lowest BCUT2D eigenvalue weighted by atomic mass is 10.1. The van der Waals surface area contributed by atoms with Crippen molar-refractivity contribution < 1.29 is 23.9 Å². The van der Waals surface area contributed by atoms with Gasteiger partial charge in [0, 0.05) is 42.7 Å². The van der Waals surface area contributed by atoms with Crippen LogP contribution in [0.2, 0.25) is 0 Å². The Kier molecular flexibility index (Phi) is 12.9. The maximum Gasteiger partial charge on any atom is 0.407 e. The van der Waals surface area contributed by atoms with E-state index in [1.165, 1.54) is 11.6 Å². The van der Waals surface area contributed by atoms with E-state index in [0.29, 0.717) is 30.5 Å². The van der Waals surface area contributed by atoms with E-state index in [-0.39, 0.29) is 30.5 Å². The van der Waals surface area contributed by atoms with Crippen LogP contribution in [0, 0.1) is 0 Å². The molecule has 4 rings (SSSR count). The first-order valence-corrected chi connectivity index (χ1v) is 16.3. The lowest BCUT2D eigenvalue weighted by Gasteiger charge is -2.19. The topological polar surface area (TPSA) is 138 Å². The summed E-state index contributed by atoms with van der Waals surface area (Å²) in [5, 5.41) is 14.8. The molecule has 0 saturated heterocycles. The van der Waals surface area contributed by atoms with E-state index in [2.05, 4.69) is 50.8 Å². The Morgan fingerprint density at radius 2 is 1.43 bits per heavy atom. The van der Waals surface area contributed by atoms with E-state index in [0.717, 1.165) is 31.4 Å². The molecule has 3 atom stereocenters. The van der Waals surface area contributed by atoms with E-state index >= 15 is 0 Å². The largest absolute Gasteiger partial charge is 0.444 e. The highest BCUT2D eigenvalue weighted by atomic mass is 16.6. The highest BCUT2D eigenvalue weighted by molar-refractivity contribution is 6.01. The number of amides is 4. The van der Waals surface area contributed by atoms with Crippen LogP contribution in [0.5, 0.6) is 0 Å². The summed E-state index contributed by atoms with van der Waals surface area (Å²) in [5.41, 5.74) is 2.27. The highest BCUT2D eigenvalue weighted by Gasteiger charge is 2.37. The first-order valence-electron chi connectivity index (χ1n) is 16.3. The second-order valence-corrected chi connectivity index (χ2v) is 12.8. The number of hydrogen-bond acceptors (Lipinski definition) is 6. The minimum atomic E-state index is -0.736. The standard InChI is InChI=1S/C37H47N5O5/c1-37(2,3)47-36(46)40-22-21-39-33(43)28-17-12-18-29(23-28)34(44)42-31(35(45)41-25-26-13-6-4-7-14-26)19-10-11-20-38-32-24-30(32)27-15-8-5-9-16-27/h4-9,12-18,23,30-32,38H,10-11,19-22,24-25H2,1-3H3,(H,39,43)(H,40,46)(H,41,45)(H,42,44)/t30-,31?,32+/m0/s1. The number of carbonyl (C=O) groups excluding carboxylic acids is 4. The van der Waals surface area contributed by atoms with Gasteiger partial charge in [0.15, 0.2) is 0 Å². The van der Waals surface area contributed by atoms with E-state index in [1.807, 2.05) is 36.4 Å². The molecule has 0 radical (unpaired) electrons. The monoisotopic (exact) mass is 641 g/mol. The molecule has 0 aliphatic heterocycles. The second-order valence-electron chi connectivity index (χ2n) is 12.8. The maximum absolute atomic E-state index is 13.3. The molecule has 1 aliphatic rings. The van der Waals surface area contributed by atoms with Crippen LogP contribution in [0.15, 0.2) is 84.9 Å². The molecule has 10 heteroatoms. The smallest absolute Gasteiger partial charge is 0.407 e. The van der Waals surface area contributed by atoms with E-state index in [9.17, 15) is 19.2 Å². The Labute approximate surface area is 277 Å². The number of carbonyl (C=O) groups is 4. The normalized spacial score (nSPS) is 16.0. The van der Waals surface area contributed by atoms with E-state index in [4.69, 9.17) is 4.74 Å². The molecule has 0 spiro atoms. The zero-order chi connectivity index (χ0) is 33.6. The first kappa shape index (κ1) is 35.2. The molecule has 0 aromatic heterocycles. The van der Waals surface area contributed by atoms with Gasteiger partial charge in [0.1, 0.15) is 11.6 Å². The number of benzene rings is 3. The van der Waals surface area contributed by atoms with Crippen LogP contribution in [-0.4, -0.2) is 61.1 Å². The third-order valence-electron chi connectivity index (χ3n) is 7.74. The molecule has 1 fully saturated rings. The Morgan fingerprint density at radius 3 is 2.13 bits per heavy atom. The predicted molar refractivity (Wildman–Crippen MR) is 182 cm³/mol. The van der Waals surface area contributed by atoms with Gasteiger partial charge in [-0.05, 0) is 82.3 Å². The van der Waals surface area contributed by atoms with Crippen molar-refractivity contribution >= 4 is 23.8 Å². The number of rotatable bonds is 16. The zero-order valence-corrected chi connectivity index (χ0v) is 27.5. The van der Waals surface area contributed by atoms with E-state index < -0.39 is 23.6 Å². The average molecular weight is 642 g/mol. The molecular formula is C37H47N5O5. The number of unbranched alkanes of at least 4 members (excludes halogenated alkanes) is 1. The van der Waals surface area contributed by atoms with Gasteiger partial charge in [-0.2, -0.15) is 0 Å². The number of ether oxygens (including phenoxy) is 1. The molecule has 10 nitrogen and oxygen atoms in total.